The van der Waals surface area contributed by atoms with Gasteiger partial charge in [-0.15, -0.1) is 11.6 Å². The van der Waals surface area contributed by atoms with Crippen LogP contribution in [-0.2, 0) is 0 Å². The Morgan fingerprint density at radius 2 is 2.19 bits per heavy atom. The van der Waals surface area contributed by atoms with Gasteiger partial charge < -0.3 is 4.90 Å². The molecule has 0 spiro atoms. The van der Waals surface area contributed by atoms with Crippen LogP contribution in [0.5, 0.6) is 0 Å². The molecule has 0 fully saturated rings. The van der Waals surface area contributed by atoms with E-state index >= 15 is 0 Å². The summed E-state index contributed by atoms with van der Waals surface area (Å²) >= 11 is 11.3. The quantitative estimate of drug-likeness (QED) is 0.765. The molecule has 0 aliphatic heterocycles. The zero-order valence-electron chi connectivity index (χ0n) is 8.84. The van der Waals surface area contributed by atoms with E-state index in [9.17, 15) is 9.18 Å². The second-order valence-corrected chi connectivity index (χ2v) is 4.01. The molecule has 1 rings (SSSR count). The Morgan fingerprint density at radius 3 is 2.75 bits per heavy atom. The highest BCUT2D eigenvalue weighted by atomic mass is 35.5. The van der Waals surface area contributed by atoms with Crippen LogP contribution in [0, 0.1) is 5.82 Å². The van der Waals surface area contributed by atoms with Crippen molar-refractivity contribution in [2.75, 3.05) is 19.0 Å². The first-order chi connectivity index (χ1) is 7.60. The molecule has 0 atom stereocenters. The Kier molecular flexibility index (Phi) is 5.03. The highest BCUT2D eigenvalue weighted by Crippen LogP contribution is 2.16. The molecule has 0 radical (unpaired) electrons. The van der Waals surface area contributed by atoms with Gasteiger partial charge in [0.1, 0.15) is 5.82 Å². The predicted molar refractivity (Wildman–Crippen MR) is 63.7 cm³/mol. The second-order valence-electron chi connectivity index (χ2n) is 3.20. The van der Waals surface area contributed by atoms with Crippen LogP contribution in [0.2, 0.25) is 5.02 Å². The standard InChI is InChI=1S/C11H12Cl2FNO/c1-2-15(6-5-12)11(16)9-7-8(13)3-4-10(9)14/h3-4,7H,2,5-6H2,1H3. The van der Waals surface area contributed by atoms with Gasteiger partial charge in [0.25, 0.3) is 5.91 Å². The number of carbonyl (C=O) groups excluding carboxylic acids is 1. The summed E-state index contributed by atoms with van der Waals surface area (Å²) < 4.78 is 13.4. The van der Waals surface area contributed by atoms with E-state index in [1.54, 1.807) is 0 Å². The molecule has 0 aliphatic rings. The van der Waals surface area contributed by atoms with Gasteiger partial charge in [-0.05, 0) is 25.1 Å². The first-order valence-corrected chi connectivity index (χ1v) is 5.81. The number of halogens is 3. The molecule has 0 N–H and O–H groups in total. The van der Waals surface area contributed by atoms with E-state index in [0.717, 1.165) is 0 Å². The lowest BCUT2D eigenvalue weighted by atomic mass is 10.2. The van der Waals surface area contributed by atoms with E-state index in [0.29, 0.717) is 24.0 Å². The van der Waals surface area contributed by atoms with Gasteiger partial charge in [0, 0.05) is 24.0 Å². The minimum Gasteiger partial charge on any atom is -0.338 e. The SMILES string of the molecule is CCN(CCCl)C(=O)c1cc(Cl)ccc1F. The van der Waals surface area contributed by atoms with Gasteiger partial charge in [-0.2, -0.15) is 0 Å². The maximum absolute atomic E-state index is 13.4. The Balaban J connectivity index is 2.98. The molecule has 5 heteroatoms. The number of alkyl halides is 1. The van der Waals surface area contributed by atoms with Gasteiger partial charge in [0.2, 0.25) is 0 Å². The van der Waals surface area contributed by atoms with Crippen molar-refractivity contribution in [2.24, 2.45) is 0 Å². The minimum atomic E-state index is -0.567. The molecule has 1 aromatic rings. The summed E-state index contributed by atoms with van der Waals surface area (Å²) in [5.74, 6) is -0.632. The van der Waals surface area contributed by atoms with Gasteiger partial charge in [-0.25, -0.2) is 4.39 Å². The van der Waals surface area contributed by atoms with Crippen molar-refractivity contribution in [2.45, 2.75) is 6.92 Å². The van der Waals surface area contributed by atoms with Crippen molar-refractivity contribution in [1.29, 1.82) is 0 Å². The Morgan fingerprint density at radius 1 is 1.50 bits per heavy atom. The van der Waals surface area contributed by atoms with Gasteiger partial charge in [0.05, 0.1) is 5.56 Å². The number of hydrogen-bond acceptors (Lipinski definition) is 1. The summed E-state index contributed by atoms with van der Waals surface area (Å²) in [4.78, 5) is 13.4. The monoisotopic (exact) mass is 263 g/mol. The maximum atomic E-state index is 13.4. The van der Waals surface area contributed by atoms with Crippen LogP contribution < -0.4 is 0 Å². The molecule has 0 aromatic heterocycles. The molecule has 1 amide bonds. The van der Waals surface area contributed by atoms with Gasteiger partial charge in [-0.3, -0.25) is 4.79 Å². The van der Waals surface area contributed by atoms with Crippen LogP contribution in [-0.4, -0.2) is 29.8 Å². The van der Waals surface area contributed by atoms with Crippen molar-refractivity contribution in [3.05, 3.63) is 34.6 Å². The fourth-order valence-electron chi connectivity index (χ4n) is 1.34. The largest absolute Gasteiger partial charge is 0.338 e. The van der Waals surface area contributed by atoms with E-state index in [2.05, 4.69) is 0 Å². The molecule has 0 saturated carbocycles. The summed E-state index contributed by atoms with van der Waals surface area (Å²) in [7, 11) is 0. The van der Waals surface area contributed by atoms with Gasteiger partial charge in [0.15, 0.2) is 0 Å². The van der Waals surface area contributed by atoms with Crippen molar-refractivity contribution in [3.63, 3.8) is 0 Å². The highest BCUT2D eigenvalue weighted by Gasteiger charge is 2.17. The summed E-state index contributed by atoms with van der Waals surface area (Å²) in [6.07, 6.45) is 0. The summed E-state index contributed by atoms with van der Waals surface area (Å²) in [5, 5.41) is 0.340. The van der Waals surface area contributed by atoms with Crippen molar-refractivity contribution < 1.29 is 9.18 Å². The lowest BCUT2D eigenvalue weighted by Crippen LogP contribution is -2.33. The van der Waals surface area contributed by atoms with E-state index in [4.69, 9.17) is 23.2 Å². The third-order valence-electron chi connectivity index (χ3n) is 2.18. The Labute approximate surface area is 104 Å². The molecule has 2 nitrogen and oxygen atoms in total. The summed E-state index contributed by atoms with van der Waals surface area (Å²) in [5.41, 5.74) is -0.0144. The molecule has 0 unspecified atom stereocenters. The van der Waals surface area contributed by atoms with E-state index < -0.39 is 5.82 Å². The highest BCUT2D eigenvalue weighted by molar-refractivity contribution is 6.31. The second kappa shape index (κ2) is 6.06. The van der Waals surface area contributed by atoms with E-state index in [1.165, 1.54) is 23.1 Å². The number of benzene rings is 1. The zero-order valence-corrected chi connectivity index (χ0v) is 10.4. The molecule has 0 saturated heterocycles. The molecule has 0 bridgehead atoms. The fraction of sp³-hybridized carbons (Fsp3) is 0.364. The average Bonchev–Trinajstić information content (AvgIpc) is 2.28. The number of nitrogens with zero attached hydrogens (tertiary/aromatic N) is 1. The van der Waals surface area contributed by atoms with E-state index in [-0.39, 0.29) is 11.5 Å². The molecule has 88 valence electrons. The number of hydrogen-bond donors (Lipinski definition) is 0. The van der Waals surface area contributed by atoms with Crippen LogP contribution in [0.15, 0.2) is 18.2 Å². The van der Waals surface area contributed by atoms with Crippen LogP contribution in [0.4, 0.5) is 4.39 Å². The smallest absolute Gasteiger partial charge is 0.256 e. The Hall–Kier alpha value is -0.800. The topological polar surface area (TPSA) is 20.3 Å². The van der Waals surface area contributed by atoms with Crippen molar-refractivity contribution in [1.82, 2.24) is 4.90 Å². The minimum absolute atomic E-state index is 0.0144. The predicted octanol–water partition coefficient (Wildman–Crippen LogP) is 3.18. The molecular formula is C11H12Cl2FNO. The van der Waals surface area contributed by atoms with Crippen LogP contribution in [0.3, 0.4) is 0 Å². The van der Waals surface area contributed by atoms with E-state index in [1.807, 2.05) is 6.92 Å². The Bertz CT molecular complexity index is 384. The van der Waals surface area contributed by atoms with Crippen LogP contribution >= 0.6 is 23.2 Å². The number of rotatable bonds is 4. The molecule has 16 heavy (non-hydrogen) atoms. The van der Waals surface area contributed by atoms with Crippen LogP contribution in [0.1, 0.15) is 17.3 Å². The molecule has 0 heterocycles. The van der Waals surface area contributed by atoms with Crippen molar-refractivity contribution in [3.8, 4) is 0 Å². The van der Waals surface area contributed by atoms with Crippen molar-refractivity contribution >= 4 is 29.1 Å². The lowest BCUT2D eigenvalue weighted by molar-refractivity contribution is 0.0769. The van der Waals surface area contributed by atoms with Crippen LogP contribution in [0.25, 0.3) is 0 Å². The molecule has 1 aromatic carbocycles. The van der Waals surface area contributed by atoms with Gasteiger partial charge >= 0.3 is 0 Å². The third-order valence-corrected chi connectivity index (χ3v) is 2.59. The molecule has 0 aliphatic carbocycles. The summed E-state index contributed by atoms with van der Waals surface area (Å²) in [6.45, 7) is 2.69. The fourth-order valence-corrected chi connectivity index (χ4v) is 1.71. The van der Waals surface area contributed by atoms with Gasteiger partial charge in [-0.1, -0.05) is 11.6 Å². The zero-order chi connectivity index (χ0) is 12.1. The summed E-state index contributed by atoms with van der Waals surface area (Å²) in [6, 6.07) is 3.92. The average molecular weight is 264 g/mol. The molecular weight excluding hydrogens is 252 g/mol. The number of amides is 1. The first kappa shape index (κ1) is 13.3. The third kappa shape index (κ3) is 3.09. The normalized spacial score (nSPS) is 10.2. The number of carbonyl (C=O) groups is 1. The maximum Gasteiger partial charge on any atom is 0.256 e. The first-order valence-electron chi connectivity index (χ1n) is 4.90. The lowest BCUT2D eigenvalue weighted by Gasteiger charge is -2.19.